The Morgan fingerprint density at radius 2 is 2.50 bits per heavy atom. The zero-order chi connectivity index (χ0) is 11.4. The number of likely N-dealkylation sites (tertiary alicyclic amines) is 1. The lowest BCUT2D eigenvalue weighted by Gasteiger charge is -2.32. The van der Waals surface area contributed by atoms with Crippen LogP contribution in [-0.4, -0.2) is 47.3 Å². The minimum absolute atomic E-state index is 0.180. The third kappa shape index (κ3) is 2.41. The Labute approximate surface area is 95.4 Å². The van der Waals surface area contributed by atoms with Crippen molar-refractivity contribution < 1.29 is 4.79 Å². The number of nitrogens with zero attached hydrogens (tertiary/aromatic N) is 3. The number of hydrogen-bond acceptors (Lipinski definition) is 3. The van der Waals surface area contributed by atoms with Crippen LogP contribution in [-0.2, 0) is 4.79 Å². The molecule has 1 amide bonds. The zero-order valence-electron chi connectivity index (χ0n) is 9.59. The first kappa shape index (κ1) is 11.1. The lowest BCUT2D eigenvalue weighted by Crippen LogP contribution is -2.44. The van der Waals surface area contributed by atoms with Gasteiger partial charge in [0.25, 0.3) is 0 Å². The summed E-state index contributed by atoms with van der Waals surface area (Å²) in [4.78, 5) is 13.7. The van der Waals surface area contributed by atoms with Crippen molar-refractivity contribution in [3.8, 4) is 0 Å². The van der Waals surface area contributed by atoms with Crippen LogP contribution in [0.3, 0.4) is 0 Å². The van der Waals surface area contributed by atoms with Gasteiger partial charge < -0.3 is 10.2 Å². The van der Waals surface area contributed by atoms with Gasteiger partial charge in [0, 0.05) is 25.5 Å². The van der Waals surface area contributed by atoms with Crippen molar-refractivity contribution in [2.75, 3.05) is 26.7 Å². The second-order valence-corrected chi connectivity index (χ2v) is 4.15. The van der Waals surface area contributed by atoms with E-state index >= 15 is 0 Å². The molecule has 1 aromatic rings. The fourth-order valence-electron chi connectivity index (χ4n) is 2.16. The lowest BCUT2D eigenvalue weighted by atomic mass is 10.1. The zero-order valence-corrected chi connectivity index (χ0v) is 9.59. The third-order valence-electron chi connectivity index (χ3n) is 2.98. The predicted octanol–water partition coefficient (Wildman–Crippen LogP) is 0.266. The maximum atomic E-state index is 11.7. The first-order valence-corrected chi connectivity index (χ1v) is 5.73. The van der Waals surface area contributed by atoms with Crippen molar-refractivity contribution in [3.05, 3.63) is 18.5 Å². The summed E-state index contributed by atoms with van der Waals surface area (Å²) < 4.78 is 1.96. The molecule has 0 spiro atoms. The molecule has 16 heavy (non-hydrogen) atoms. The monoisotopic (exact) mass is 222 g/mol. The van der Waals surface area contributed by atoms with Crippen LogP contribution in [0.2, 0.25) is 0 Å². The summed E-state index contributed by atoms with van der Waals surface area (Å²) in [7, 11) is 1.80. The fourth-order valence-corrected chi connectivity index (χ4v) is 2.16. The van der Waals surface area contributed by atoms with Crippen LogP contribution in [0.4, 0.5) is 0 Å². The smallest absolute Gasteiger partial charge is 0.236 e. The van der Waals surface area contributed by atoms with Crippen molar-refractivity contribution in [2.24, 2.45) is 0 Å². The highest BCUT2D eigenvalue weighted by Crippen LogP contribution is 2.20. The SMILES string of the molecule is CNCC(=O)N1CCCC(n2cccn2)C1. The summed E-state index contributed by atoms with van der Waals surface area (Å²) in [5.41, 5.74) is 0. The molecule has 2 rings (SSSR count). The molecule has 1 aliphatic heterocycles. The molecular formula is C11H18N4O. The molecular weight excluding hydrogens is 204 g/mol. The number of carbonyl (C=O) groups is 1. The highest BCUT2D eigenvalue weighted by molar-refractivity contribution is 5.78. The minimum atomic E-state index is 0.180. The normalized spacial score (nSPS) is 21.1. The molecule has 0 radical (unpaired) electrons. The van der Waals surface area contributed by atoms with E-state index in [9.17, 15) is 4.79 Å². The summed E-state index contributed by atoms with van der Waals surface area (Å²) >= 11 is 0. The van der Waals surface area contributed by atoms with Crippen LogP contribution in [0.1, 0.15) is 18.9 Å². The van der Waals surface area contributed by atoms with Gasteiger partial charge in [-0.15, -0.1) is 0 Å². The molecule has 5 nitrogen and oxygen atoms in total. The van der Waals surface area contributed by atoms with E-state index in [1.54, 1.807) is 13.2 Å². The fraction of sp³-hybridized carbons (Fsp3) is 0.636. The molecule has 1 N–H and O–H groups in total. The van der Waals surface area contributed by atoms with Crippen LogP contribution < -0.4 is 5.32 Å². The first-order chi connectivity index (χ1) is 7.81. The van der Waals surface area contributed by atoms with Gasteiger partial charge in [-0.2, -0.15) is 5.10 Å². The maximum absolute atomic E-state index is 11.7. The van der Waals surface area contributed by atoms with E-state index in [2.05, 4.69) is 10.4 Å². The quantitative estimate of drug-likeness (QED) is 0.798. The van der Waals surface area contributed by atoms with E-state index < -0.39 is 0 Å². The van der Waals surface area contributed by atoms with Crippen LogP contribution >= 0.6 is 0 Å². The minimum Gasteiger partial charge on any atom is -0.339 e. The molecule has 1 aromatic heterocycles. The van der Waals surface area contributed by atoms with Gasteiger partial charge >= 0.3 is 0 Å². The van der Waals surface area contributed by atoms with Gasteiger partial charge in [0.15, 0.2) is 0 Å². The van der Waals surface area contributed by atoms with Gasteiger partial charge in [-0.3, -0.25) is 9.48 Å². The largest absolute Gasteiger partial charge is 0.339 e. The molecule has 2 heterocycles. The van der Waals surface area contributed by atoms with Gasteiger partial charge in [-0.25, -0.2) is 0 Å². The number of carbonyl (C=O) groups excluding carboxylic acids is 1. The molecule has 0 aliphatic carbocycles. The van der Waals surface area contributed by atoms with Crippen LogP contribution in [0.25, 0.3) is 0 Å². The molecule has 1 saturated heterocycles. The molecule has 1 fully saturated rings. The van der Waals surface area contributed by atoms with Gasteiger partial charge in [0.05, 0.1) is 12.6 Å². The van der Waals surface area contributed by atoms with Gasteiger partial charge in [0.2, 0.25) is 5.91 Å². The number of piperidine rings is 1. The van der Waals surface area contributed by atoms with Crippen molar-refractivity contribution >= 4 is 5.91 Å². The maximum Gasteiger partial charge on any atom is 0.236 e. The molecule has 1 aliphatic rings. The topological polar surface area (TPSA) is 50.2 Å². The Bertz CT molecular complexity index is 336. The Hall–Kier alpha value is -1.36. The summed E-state index contributed by atoms with van der Waals surface area (Å²) in [5, 5.41) is 7.14. The van der Waals surface area contributed by atoms with Crippen LogP contribution in [0, 0.1) is 0 Å². The Kier molecular flexibility index (Phi) is 3.56. The molecule has 5 heteroatoms. The molecule has 1 atom stereocenters. The summed E-state index contributed by atoms with van der Waals surface area (Å²) in [5.74, 6) is 0.180. The predicted molar refractivity (Wildman–Crippen MR) is 61.0 cm³/mol. The van der Waals surface area contributed by atoms with Gasteiger partial charge in [-0.1, -0.05) is 0 Å². The van der Waals surface area contributed by atoms with Crippen molar-refractivity contribution in [2.45, 2.75) is 18.9 Å². The lowest BCUT2D eigenvalue weighted by molar-refractivity contribution is -0.131. The molecule has 0 bridgehead atoms. The van der Waals surface area contributed by atoms with Crippen molar-refractivity contribution in [3.63, 3.8) is 0 Å². The van der Waals surface area contributed by atoms with E-state index in [1.165, 1.54) is 0 Å². The van der Waals surface area contributed by atoms with E-state index in [0.717, 1.165) is 25.9 Å². The summed E-state index contributed by atoms with van der Waals surface area (Å²) in [6.45, 7) is 2.08. The van der Waals surface area contributed by atoms with Crippen molar-refractivity contribution in [1.82, 2.24) is 20.0 Å². The third-order valence-corrected chi connectivity index (χ3v) is 2.98. The summed E-state index contributed by atoms with van der Waals surface area (Å²) in [6, 6.07) is 2.26. The molecule has 1 unspecified atom stereocenters. The number of hydrogen-bond donors (Lipinski definition) is 1. The van der Waals surface area contributed by atoms with Gasteiger partial charge in [-0.05, 0) is 26.0 Å². The Balaban J connectivity index is 1.96. The van der Waals surface area contributed by atoms with E-state index in [4.69, 9.17) is 0 Å². The van der Waals surface area contributed by atoms with E-state index in [-0.39, 0.29) is 5.91 Å². The Morgan fingerprint density at radius 3 is 3.19 bits per heavy atom. The standard InChI is InChI=1S/C11H18N4O/c1-12-8-11(16)14-6-2-4-10(9-14)15-7-3-5-13-15/h3,5,7,10,12H,2,4,6,8-9H2,1H3. The van der Waals surface area contributed by atoms with Crippen LogP contribution in [0.5, 0.6) is 0 Å². The average Bonchev–Trinajstić information content (AvgIpc) is 2.83. The summed E-state index contributed by atoms with van der Waals surface area (Å²) in [6.07, 6.45) is 5.91. The number of aromatic nitrogens is 2. The second-order valence-electron chi connectivity index (χ2n) is 4.15. The number of rotatable bonds is 3. The van der Waals surface area contributed by atoms with E-state index in [1.807, 2.05) is 21.8 Å². The number of likely N-dealkylation sites (N-methyl/N-ethyl adjacent to an activating group) is 1. The highest BCUT2D eigenvalue weighted by atomic mass is 16.2. The average molecular weight is 222 g/mol. The first-order valence-electron chi connectivity index (χ1n) is 5.73. The second kappa shape index (κ2) is 5.12. The number of nitrogens with one attached hydrogen (secondary N) is 1. The highest BCUT2D eigenvalue weighted by Gasteiger charge is 2.24. The molecule has 0 aromatic carbocycles. The molecule has 88 valence electrons. The molecule has 0 saturated carbocycles. The van der Waals surface area contributed by atoms with Crippen LogP contribution in [0.15, 0.2) is 18.5 Å². The van der Waals surface area contributed by atoms with E-state index in [0.29, 0.717) is 12.6 Å². The Morgan fingerprint density at radius 1 is 1.62 bits per heavy atom. The number of amides is 1. The van der Waals surface area contributed by atoms with Gasteiger partial charge in [0.1, 0.15) is 0 Å². The van der Waals surface area contributed by atoms with Crippen molar-refractivity contribution in [1.29, 1.82) is 0 Å².